The molecule has 1 aromatic heterocycles. The van der Waals surface area contributed by atoms with Gasteiger partial charge >= 0.3 is 0 Å². The quantitative estimate of drug-likeness (QED) is 0.773. The maximum atomic E-state index is 3.75. The van der Waals surface area contributed by atoms with Gasteiger partial charge in [0.2, 0.25) is 0 Å². The van der Waals surface area contributed by atoms with Gasteiger partial charge in [-0.15, -0.1) is 11.3 Å². The largest absolute Gasteiger partial charge is 0.308 e. The van der Waals surface area contributed by atoms with E-state index in [-0.39, 0.29) is 0 Å². The highest BCUT2D eigenvalue weighted by molar-refractivity contribution is 7.10. The minimum absolute atomic E-state index is 0.352. The fourth-order valence-corrected chi connectivity index (χ4v) is 2.68. The number of hydrogen-bond acceptors (Lipinski definition) is 2. The third-order valence-corrected chi connectivity index (χ3v) is 4.81. The second-order valence-electron chi connectivity index (χ2n) is 6.26. The zero-order valence-corrected chi connectivity index (χ0v) is 12.9. The SMILES string of the molecule is CC(C)C(NCC(C)(C)C(C)C)c1cccs1. The lowest BCUT2D eigenvalue weighted by Gasteiger charge is -2.33. The highest BCUT2D eigenvalue weighted by Gasteiger charge is 2.25. The van der Waals surface area contributed by atoms with E-state index >= 15 is 0 Å². The molecule has 0 aliphatic heterocycles. The molecule has 98 valence electrons. The molecule has 0 saturated heterocycles. The van der Waals surface area contributed by atoms with Crippen molar-refractivity contribution < 1.29 is 0 Å². The smallest absolute Gasteiger partial charge is 0.0438 e. The van der Waals surface area contributed by atoms with Crippen molar-refractivity contribution in [2.24, 2.45) is 17.3 Å². The van der Waals surface area contributed by atoms with Gasteiger partial charge in [-0.2, -0.15) is 0 Å². The molecule has 0 bridgehead atoms. The fourth-order valence-electron chi connectivity index (χ4n) is 1.71. The van der Waals surface area contributed by atoms with Crippen LogP contribution in [0.15, 0.2) is 17.5 Å². The van der Waals surface area contributed by atoms with Gasteiger partial charge in [0.05, 0.1) is 0 Å². The zero-order valence-electron chi connectivity index (χ0n) is 12.1. The van der Waals surface area contributed by atoms with Crippen LogP contribution in [0.2, 0.25) is 0 Å². The predicted octanol–water partition coefficient (Wildman–Crippen LogP) is 4.72. The molecule has 0 radical (unpaired) electrons. The van der Waals surface area contributed by atoms with Gasteiger partial charge < -0.3 is 5.32 Å². The Kier molecular flexibility index (Phi) is 5.21. The first kappa shape index (κ1) is 14.7. The third-order valence-electron chi connectivity index (χ3n) is 3.86. The second-order valence-corrected chi connectivity index (χ2v) is 7.24. The lowest BCUT2D eigenvalue weighted by Crippen LogP contribution is -2.37. The summed E-state index contributed by atoms with van der Waals surface area (Å²) in [6.45, 7) is 15.0. The molecule has 1 nitrogen and oxygen atoms in total. The van der Waals surface area contributed by atoms with Crippen molar-refractivity contribution in [2.75, 3.05) is 6.54 Å². The van der Waals surface area contributed by atoms with E-state index in [1.165, 1.54) is 4.88 Å². The molecular formula is C15H27NS. The van der Waals surface area contributed by atoms with Gasteiger partial charge in [-0.05, 0) is 28.7 Å². The van der Waals surface area contributed by atoms with Crippen molar-refractivity contribution in [1.82, 2.24) is 5.32 Å². The number of thiophene rings is 1. The molecule has 0 spiro atoms. The van der Waals surface area contributed by atoms with Gasteiger partial charge in [0.15, 0.2) is 0 Å². The van der Waals surface area contributed by atoms with E-state index in [1.54, 1.807) is 0 Å². The van der Waals surface area contributed by atoms with Crippen LogP contribution in [0, 0.1) is 17.3 Å². The number of nitrogens with one attached hydrogen (secondary N) is 1. The molecule has 0 fully saturated rings. The topological polar surface area (TPSA) is 12.0 Å². The molecule has 2 heteroatoms. The molecule has 1 N–H and O–H groups in total. The van der Waals surface area contributed by atoms with Crippen molar-refractivity contribution in [2.45, 2.75) is 47.6 Å². The summed E-state index contributed by atoms with van der Waals surface area (Å²) >= 11 is 1.86. The van der Waals surface area contributed by atoms with E-state index in [2.05, 4.69) is 64.4 Å². The highest BCUT2D eigenvalue weighted by atomic mass is 32.1. The van der Waals surface area contributed by atoms with Crippen molar-refractivity contribution in [3.8, 4) is 0 Å². The molecule has 0 aliphatic rings. The van der Waals surface area contributed by atoms with Crippen LogP contribution in [0.5, 0.6) is 0 Å². The Morgan fingerprint density at radius 2 is 1.88 bits per heavy atom. The fraction of sp³-hybridized carbons (Fsp3) is 0.733. The summed E-state index contributed by atoms with van der Waals surface area (Å²) in [4.78, 5) is 1.46. The molecule has 1 unspecified atom stereocenters. The normalized spacial score (nSPS) is 14.6. The van der Waals surface area contributed by atoms with Gasteiger partial charge in [0.25, 0.3) is 0 Å². The second kappa shape index (κ2) is 6.01. The maximum Gasteiger partial charge on any atom is 0.0438 e. The van der Waals surface area contributed by atoms with E-state index in [4.69, 9.17) is 0 Å². The van der Waals surface area contributed by atoms with Crippen molar-refractivity contribution in [3.63, 3.8) is 0 Å². The first-order valence-corrected chi connectivity index (χ1v) is 7.49. The first-order valence-electron chi connectivity index (χ1n) is 6.61. The zero-order chi connectivity index (χ0) is 13.1. The molecule has 0 aliphatic carbocycles. The van der Waals surface area contributed by atoms with Crippen molar-refractivity contribution >= 4 is 11.3 Å². The van der Waals surface area contributed by atoms with Crippen LogP contribution in [0.1, 0.15) is 52.5 Å². The lowest BCUT2D eigenvalue weighted by molar-refractivity contribution is 0.219. The summed E-state index contributed by atoms with van der Waals surface area (Å²) in [5.74, 6) is 1.34. The Labute approximate surface area is 111 Å². The Hall–Kier alpha value is -0.340. The average Bonchev–Trinajstić information content (AvgIpc) is 2.70. The Balaban J connectivity index is 2.64. The van der Waals surface area contributed by atoms with Crippen LogP contribution in [0.4, 0.5) is 0 Å². The maximum absolute atomic E-state index is 3.75. The monoisotopic (exact) mass is 253 g/mol. The summed E-state index contributed by atoms with van der Waals surface area (Å²) in [6.07, 6.45) is 0. The van der Waals surface area contributed by atoms with Gasteiger partial charge in [0.1, 0.15) is 0 Å². The summed E-state index contributed by atoms with van der Waals surface area (Å²) in [5.41, 5.74) is 0.352. The number of rotatable bonds is 6. The van der Waals surface area contributed by atoms with Crippen LogP contribution in [-0.4, -0.2) is 6.54 Å². The lowest BCUT2D eigenvalue weighted by atomic mass is 9.81. The molecule has 0 amide bonds. The Morgan fingerprint density at radius 1 is 1.24 bits per heavy atom. The van der Waals surface area contributed by atoms with Gasteiger partial charge in [-0.25, -0.2) is 0 Å². The van der Waals surface area contributed by atoms with E-state index in [0.717, 1.165) is 6.54 Å². The minimum atomic E-state index is 0.352. The van der Waals surface area contributed by atoms with E-state index in [9.17, 15) is 0 Å². The molecule has 1 rings (SSSR count). The predicted molar refractivity (Wildman–Crippen MR) is 78.5 cm³/mol. The van der Waals surface area contributed by atoms with Crippen LogP contribution < -0.4 is 5.32 Å². The Morgan fingerprint density at radius 3 is 2.29 bits per heavy atom. The van der Waals surface area contributed by atoms with E-state index in [1.807, 2.05) is 11.3 Å². The van der Waals surface area contributed by atoms with Crippen LogP contribution >= 0.6 is 11.3 Å². The van der Waals surface area contributed by atoms with Gasteiger partial charge in [-0.3, -0.25) is 0 Å². The molecule has 1 atom stereocenters. The van der Waals surface area contributed by atoms with E-state index < -0.39 is 0 Å². The molecule has 1 aromatic rings. The summed E-state index contributed by atoms with van der Waals surface area (Å²) in [7, 11) is 0. The molecule has 17 heavy (non-hydrogen) atoms. The summed E-state index contributed by atoms with van der Waals surface area (Å²) < 4.78 is 0. The number of hydrogen-bond donors (Lipinski definition) is 1. The molecular weight excluding hydrogens is 226 g/mol. The van der Waals surface area contributed by atoms with E-state index in [0.29, 0.717) is 23.3 Å². The van der Waals surface area contributed by atoms with Crippen LogP contribution in [0.3, 0.4) is 0 Å². The van der Waals surface area contributed by atoms with Crippen LogP contribution in [-0.2, 0) is 0 Å². The average molecular weight is 253 g/mol. The van der Waals surface area contributed by atoms with Crippen molar-refractivity contribution in [1.29, 1.82) is 0 Å². The molecule has 1 heterocycles. The summed E-state index contributed by atoms with van der Waals surface area (Å²) in [5, 5.41) is 5.92. The standard InChI is InChI=1S/C15H27NS/c1-11(2)14(13-8-7-9-17-13)16-10-15(5,6)12(3)4/h7-9,11-12,14,16H,10H2,1-6H3. The summed E-state index contributed by atoms with van der Waals surface area (Å²) in [6, 6.07) is 4.88. The molecule has 0 aromatic carbocycles. The van der Waals surface area contributed by atoms with Gasteiger partial charge in [-0.1, -0.05) is 47.6 Å². The minimum Gasteiger partial charge on any atom is -0.308 e. The Bertz CT molecular complexity index is 312. The van der Waals surface area contributed by atoms with Crippen LogP contribution in [0.25, 0.3) is 0 Å². The highest BCUT2D eigenvalue weighted by Crippen LogP contribution is 2.29. The first-order chi connectivity index (χ1) is 7.84. The van der Waals surface area contributed by atoms with Crippen molar-refractivity contribution in [3.05, 3.63) is 22.4 Å². The molecule has 0 saturated carbocycles. The van der Waals surface area contributed by atoms with Gasteiger partial charge in [0, 0.05) is 17.5 Å². The third kappa shape index (κ3) is 4.11.